The van der Waals surface area contributed by atoms with Gasteiger partial charge in [0, 0.05) is 5.56 Å². The molecule has 0 aliphatic heterocycles. The zero-order valence-electron chi connectivity index (χ0n) is 15.0. The summed E-state index contributed by atoms with van der Waals surface area (Å²) in [5, 5.41) is 7.87. The molecular formula is C18H10F3N3O6. The zero-order valence-corrected chi connectivity index (χ0v) is 15.0. The van der Waals surface area contributed by atoms with Gasteiger partial charge in [-0.25, -0.2) is 9.59 Å². The first-order valence-electron chi connectivity index (χ1n) is 8.20. The second-order valence-electron chi connectivity index (χ2n) is 5.83. The summed E-state index contributed by atoms with van der Waals surface area (Å²) in [5.74, 6) is -3.13. The number of halogens is 3. The van der Waals surface area contributed by atoms with Crippen LogP contribution >= 0.6 is 0 Å². The number of aromatic nitrogens is 3. The number of fused-ring (bicyclic) bond motifs is 1. The third-order valence-corrected chi connectivity index (χ3v) is 3.96. The molecule has 0 bridgehead atoms. The third kappa shape index (κ3) is 3.38. The van der Waals surface area contributed by atoms with Gasteiger partial charge in [0.05, 0.1) is 12.7 Å². The van der Waals surface area contributed by atoms with Gasteiger partial charge in [-0.05, 0) is 30.3 Å². The molecule has 0 aliphatic rings. The second-order valence-corrected chi connectivity index (χ2v) is 5.83. The average Bonchev–Trinajstić information content (AvgIpc) is 3.32. The van der Waals surface area contributed by atoms with Crippen LogP contribution in [0.3, 0.4) is 0 Å². The fourth-order valence-corrected chi connectivity index (χ4v) is 2.62. The lowest BCUT2D eigenvalue weighted by molar-refractivity contribution is -0.200. The van der Waals surface area contributed by atoms with Crippen molar-refractivity contribution < 1.29 is 36.4 Å². The van der Waals surface area contributed by atoms with Crippen LogP contribution in [0.15, 0.2) is 56.1 Å². The molecule has 4 aromatic rings. The predicted octanol–water partition coefficient (Wildman–Crippen LogP) is 2.84. The number of rotatable bonds is 4. The van der Waals surface area contributed by atoms with Crippen LogP contribution in [0.25, 0.3) is 34.0 Å². The number of methoxy groups -OCH3 is 1. The van der Waals surface area contributed by atoms with Gasteiger partial charge >= 0.3 is 17.9 Å². The number of benzene rings is 2. The summed E-state index contributed by atoms with van der Waals surface area (Å²) in [5.41, 5.74) is 0.533. The highest BCUT2D eigenvalue weighted by Gasteiger charge is 2.42. The van der Waals surface area contributed by atoms with Crippen molar-refractivity contribution in [2.75, 3.05) is 7.11 Å². The highest BCUT2D eigenvalue weighted by Crippen LogP contribution is 2.31. The summed E-state index contributed by atoms with van der Waals surface area (Å²) in [7, 11) is 1.49. The van der Waals surface area contributed by atoms with Crippen molar-refractivity contribution in [3.63, 3.8) is 0 Å². The van der Waals surface area contributed by atoms with Crippen LogP contribution in [0.2, 0.25) is 0 Å². The Morgan fingerprint density at radius 2 is 1.80 bits per heavy atom. The number of carbonyl (C=O) groups is 1. The largest absolute Gasteiger partial charge is 0.496 e. The molecule has 0 aliphatic carbocycles. The van der Waals surface area contributed by atoms with Crippen molar-refractivity contribution in [1.82, 2.24) is 14.9 Å². The SMILES string of the molecule is COc1ccccc1-c1nnc(-c2ccc3c(c2)oc(=O)n3OC(=O)C(F)(F)F)o1. The minimum Gasteiger partial charge on any atom is -0.496 e. The summed E-state index contributed by atoms with van der Waals surface area (Å²) in [6, 6.07) is 10.8. The first-order valence-corrected chi connectivity index (χ1v) is 8.20. The number of alkyl halides is 3. The maximum Gasteiger partial charge on any atom is 0.493 e. The lowest BCUT2D eigenvalue weighted by atomic mass is 10.2. The van der Waals surface area contributed by atoms with Crippen LogP contribution in [0, 0.1) is 0 Å². The topological polar surface area (TPSA) is 110 Å². The molecular weight excluding hydrogens is 411 g/mol. The number of oxazole rings is 1. The Morgan fingerprint density at radius 3 is 2.53 bits per heavy atom. The fourth-order valence-electron chi connectivity index (χ4n) is 2.62. The highest BCUT2D eigenvalue weighted by molar-refractivity contribution is 5.80. The van der Waals surface area contributed by atoms with Gasteiger partial charge in [-0.15, -0.1) is 10.2 Å². The molecule has 2 aromatic carbocycles. The van der Waals surface area contributed by atoms with Crippen molar-refractivity contribution in [2.45, 2.75) is 6.18 Å². The van der Waals surface area contributed by atoms with Crippen molar-refractivity contribution in [3.8, 4) is 28.7 Å². The molecule has 154 valence electrons. The van der Waals surface area contributed by atoms with E-state index < -0.39 is 17.9 Å². The minimum atomic E-state index is -5.28. The molecule has 2 heterocycles. The molecule has 0 atom stereocenters. The lowest BCUT2D eigenvalue weighted by Gasteiger charge is -2.05. The lowest BCUT2D eigenvalue weighted by Crippen LogP contribution is -2.36. The molecule has 0 amide bonds. The Hall–Kier alpha value is -4.09. The molecule has 4 rings (SSSR count). The van der Waals surface area contributed by atoms with Crippen LogP contribution in [0.1, 0.15) is 0 Å². The summed E-state index contributed by atoms with van der Waals surface area (Å²) < 4.78 is 53.0. The normalized spacial score (nSPS) is 11.6. The quantitative estimate of drug-likeness (QED) is 0.495. The van der Waals surface area contributed by atoms with Gasteiger partial charge in [0.25, 0.3) is 5.89 Å². The molecule has 2 aromatic heterocycles. The smallest absolute Gasteiger partial charge is 0.493 e. The van der Waals surface area contributed by atoms with Gasteiger partial charge in [0.15, 0.2) is 5.58 Å². The maximum absolute atomic E-state index is 12.4. The Kier molecular flexibility index (Phi) is 4.53. The van der Waals surface area contributed by atoms with E-state index in [-0.39, 0.29) is 27.6 Å². The molecule has 0 saturated carbocycles. The van der Waals surface area contributed by atoms with Gasteiger partial charge in [0.2, 0.25) is 5.89 Å². The van der Waals surface area contributed by atoms with Gasteiger partial charge in [-0.3, -0.25) is 0 Å². The molecule has 0 N–H and O–H groups in total. The summed E-state index contributed by atoms with van der Waals surface area (Å²) in [4.78, 5) is 26.9. The first-order chi connectivity index (χ1) is 14.3. The van der Waals surface area contributed by atoms with Crippen molar-refractivity contribution >= 4 is 17.1 Å². The molecule has 12 heteroatoms. The average molecular weight is 421 g/mol. The number of ether oxygens (including phenoxy) is 1. The van der Waals surface area contributed by atoms with Gasteiger partial charge in [0.1, 0.15) is 11.3 Å². The fraction of sp³-hybridized carbons (Fsp3) is 0.111. The van der Waals surface area contributed by atoms with E-state index in [1.807, 2.05) is 0 Å². The second kappa shape index (κ2) is 7.06. The van der Waals surface area contributed by atoms with Gasteiger partial charge in [-0.1, -0.05) is 16.9 Å². The van der Waals surface area contributed by atoms with Gasteiger partial charge < -0.3 is 18.4 Å². The number of carbonyl (C=O) groups excluding carboxylic acids is 1. The monoisotopic (exact) mass is 421 g/mol. The molecule has 0 spiro atoms. The van der Waals surface area contributed by atoms with Crippen LogP contribution in [0.5, 0.6) is 5.75 Å². The van der Waals surface area contributed by atoms with E-state index in [2.05, 4.69) is 15.0 Å². The number of hydrogen-bond donors (Lipinski definition) is 0. The predicted molar refractivity (Wildman–Crippen MR) is 93.4 cm³/mol. The number of nitrogens with zero attached hydrogens (tertiary/aromatic N) is 3. The molecule has 0 saturated heterocycles. The third-order valence-electron chi connectivity index (χ3n) is 3.96. The standard InChI is InChI=1S/C18H10F3N3O6/c1-27-12-5-3-2-4-10(12)15-23-22-14(29-15)9-6-7-11-13(8-9)28-17(26)24(11)30-16(25)18(19,20)21/h2-8H,1H3. The van der Waals surface area contributed by atoms with Crippen LogP contribution in [-0.4, -0.2) is 34.2 Å². The Morgan fingerprint density at radius 1 is 1.07 bits per heavy atom. The van der Waals surface area contributed by atoms with Crippen LogP contribution in [-0.2, 0) is 4.79 Å². The molecule has 9 nitrogen and oxygen atoms in total. The zero-order chi connectivity index (χ0) is 21.5. The maximum atomic E-state index is 12.4. The van der Waals surface area contributed by atoms with E-state index >= 15 is 0 Å². The van der Waals surface area contributed by atoms with Crippen molar-refractivity contribution in [1.29, 1.82) is 0 Å². The van der Waals surface area contributed by atoms with E-state index in [1.54, 1.807) is 24.3 Å². The van der Waals surface area contributed by atoms with Gasteiger partial charge in [-0.2, -0.15) is 13.2 Å². The molecule has 0 unspecified atom stereocenters. The molecule has 0 radical (unpaired) electrons. The van der Waals surface area contributed by atoms with E-state index in [1.165, 1.54) is 25.3 Å². The van der Waals surface area contributed by atoms with E-state index in [0.29, 0.717) is 16.9 Å². The summed E-state index contributed by atoms with van der Waals surface area (Å²) in [6.45, 7) is 0. The van der Waals surface area contributed by atoms with Crippen LogP contribution < -0.4 is 15.3 Å². The Labute approximate surface area is 164 Å². The van der Waals surface area contributed by atoms with E-state index in [4.69, 9.17) is 13.6 Å². The van der Waals surface area contributed by atoms with Crippen LogP contribution in [0.4, 0.5) is 13.2 Å². The summed E-state index contributed by atoms with van der Waals surface area (Å²) in [6.07, 6.45) is -5.28. The first kappa shape index (κ1) is 19.2. The van der Waals surface area contributed by atoms with Crippen molar-refractivity contribution in [2.24, 2.45) is 0 Å². The minimum absolute atomic E-state index is 0.0560. The molecule has 30 heavy (non-hydrogen) atoms. The molecule has 0 fully saturated rings. The Bertz CT molecular complexity index is 1300. The van der Waals surface area contributed by atoms with E-state index in [9.17, 15) is 22.8 Å². The Balaban J connectivity index is 1.70. The summed E-state index contributed by atoms with van der Waals surface area (Å²) >= 11 is 0. The van der Waals surface area contributed by atoms with Crippen molar-refractivity contribution in [3.05, 3.63) is 53.0 Å². The number of para-hydroxylation sites is 1. The number of hydrogen-bond acceptors (Lipinski definition) is 8. The highest BCUT2D eigenvalue weighted by atomic mass is 19.4. The van der Waals surface area contributed by atoms with E-state index in [0.717, 1.165) is 0 Å².